The van der Waals surface area contributed by atoms with Gasteiger partial charge in [-0.15, -0.1) is 12.4 Å². The van der Waals surface area contributed by atoms with Crippen molar-refractivity contribution in [2.45, 2.75) is 12.5 Å². The first-order valence-corrected chi connectivity index (χ1v) is 7.72. The van der Waals surface area contributed by atoms with Crippen molar-refractivity contribution in [1.82, 2.24) is 15.1 Å². The third-order valence-electron chi connectivity index (χ3n) is 4.32. The lowest BCUT2D eigenvalue weighted by molar-refractivity contribution is 0.0583. The van der Waals surface area contributed by atoms with E-state index < -0.39 is 5.82 Å². The minimum absolute atomic E-state index is 0. The molecule has 2 heterocycles. The van der Waals surface area contributed by atoms with E-state index in [0.29, 0.717) is 24.7 Å². The Hall–Kier alpha value is -0.880. The average Bonchev–Trinajstić information content (AvgIpc) is 3.04. The summed E-state index contributed by atoms with van der Waals surface area (Å²) in [7, 11) is 0. The molecular weight excluding hydrogens is 328 g/mol. The van der Waals surface area contributed by atoms with Crippen molar-refractivity contribution < 1.29 is 9.18 Å². The van der Waals surface area contributed by atoms with E-state index in [9.17, 15) is 9.18 Å². The van der Waals surface area contributed by atoms with Crippen LogP contribution in [0.4, 0.5) is 4.39 Å². The fourth-order valence-electron chi connectivity index (χ4n) is 3.05. The minimum Gasteiger partial charge on any atom is -0.336 e. The fourth-order valence-corrected chi connectivity index (χ4v) is 3.17. The molecule has 7 heteroatoms. The molecule has 0 spiro atoms. The van der Waals surface area contributed by atoms with Gasteiger partial charge in [0.15, 0.2) is 0 Å². The smallest absolute Gasteiger partial charge is 0.254 e. The summed E-state index contributed by atoms with van der Waals surface area (Å²) in [6.07, 6.45) is 1.18. The molecule has 2 saturated heterocycles. The largest absolute Gasteiger partial charge is 0.336 e. The van der Waals surface area contributed by atoms with Crippen LogP contribution in [-0.4, -0.2) is 61.0 Å². The van der Waals surface area contributed by atoms with E-state index in [1.165, 1.54) is 18.6 Å². The number of amides is 1. The number of hydrogen-bond donors (Lipinski definition) is 1. The van der Waals surface area contributed by atoms with Crippen LogP contribution in [-0.2, 0) is 0 Å². The molecule has 2 fully saturated rings. The summed E-state index contributed by atoms with van der Waals surface area (Å²) in [5, 5.41) is 3.41. The van der Waals surface area contributed by atoms with Gasteiger partial charge in [0, 0.05) is 44.3 Å². The van der Waals surface area contributed by atoms with Gasteiger partial charge in [-0.3, -0.25) is 9.69 Å². The highest BCUT2D eigenvalue weighted by molar-refractivity contribution is 6.30. The zero-order chi connectivity index (χ0) is 14.8. The normalized spacial score (nSPS) is 22.5. The Balaban J connectivity index is 0.00000176. The number of carbonyl (C=O) groups excluding carboxylic acids is 1. The first-order valence-electron chi connectivity index (χ1n) is 7.34. The van der Waals surface area contributed by atoms with Gasteiger partial charge in [0.25, 0.3) is 5.91 Å². The van der Waals surface area contributed by atoms with Crippen LogP contribution in [0, 0.1) is 5.82 Å². The van der Waals surface area contributed by atoms with E-state index in [-0.39, 0.29) is 23.3 Å². The molecule has 0 radical (unpaired) electrons. The van der Waals surface area contributed by atoms with Gasteiger partial charge >= 0.3 is 0 Å². The van der Waals surface area contributed by atoms with Crippen molar-refractivity contribution >= 4 is 29.9 Å². The van der Waals surface area contributed by atoms with Crippen molar-refractivity contribution in [2.24, 2.45) is 0 Å². The SMILES string of the molecule is Cl.O=C(c1ccc(Cl)c(F)c1)N1CCN(C2CCNC2)CC1. The van der Waals surface area contributed by atoms with E-state index in [0.717, 1.165) is 26.2 Å². The molecule has 1 N–H and O–H groups in total. The van der Waals surface area contributed by atoms with Gasteiger partial charge in [0.05, 0.1) is 5.02 Å². The summed E-state index contributed by atoms with van der Waals surface area (Å²) >= 11 is 5.65. The van der Waals surface area contributed by atoms with Gasteiger partial charge in [-0.25, -0.2) is 4.39 Å². The molecule has 22 heavy (non-hydrogen) atoms. The molecule has 1 unspecified atom stereocenters. The van der Waals surface area contributed by atoms with E-state index in [1.54, 1.807) is 11.0 Å². The van der Waals surface area contributed by atoms with Crippen molar-refractivity contribution in [3.63, 3.8) is 0 Å². The predicted molar refractivity (Wildman–Crippen MR) is 87.4 cm³/mol. The van der Waals surface area contributed by atoms with Crippen molar-refractivity contribution in [3.05, 3.63) is 34.6 Å². The summed E-state index contributed by atoms with van der Waals surface area (Å²) in [6.45, 7) is 5.27. The molecule has 2 aliphatic rings. The molecule has 122 valence electrons. The molecule has 0 aliphatic carbocycles. The van der Waals surface area contributed by atoms with Gasteiger partial charge < -0.3 is 10.2 Å². The Morgan fingerprint density at radius 2 is 2.00 bits per heavy atom. The van der Waals surface area contributed by atoms with Crippen LogP contribution in [0.5, 0.6) is 0 Å². The lowest BCUT2D eigenvalue weighted by Crippen LogP contribution is -2.52. The molecule has 1 amide bonds. The molecule has 1 aromatic carbocycles. The minimum atomic E-state index is -0.543. The van der Waals surface area contributed by atoms with Crippen LogP contribution >= 0.6 is 24.0 Å². The first-order chi connectivity index (χ1) is 10.1. The van der Waals surface area contributed by atoms with Crippen LogP contribution in [0.1, 0.15) is 16.8 Å². The maximum Gasteiger partial charge on any atom is 0.254 e. The molecular formula is C15H20Cl2FN3O. The zero-order valence-corrected chi connectivity index (χ0v) is 13.8. The average molecular weight is 348 g/mol. The molecule has 3 rings (SSSR count). The first kappa shape index (κ1) is 17.5. The summed E-state index contributed by atoms with van der Waals surface area (Å²) < 4.78 is 13.5. The molecule has 1 atom stereocenters. The fraction of sp³-hybridized carbons (Fsp3) is 0.533. The summed E-state index contributed by atoms with van der Waals surface area (Å²) in [4.78, 5) is 16.6. The van der Waals surface area contributed by atoms with Gasteiger partial charge in [0.1, 0.15) is 5.82 Å². The van der Waals surface area contributed by atoms with Crippen LogP contribution in [0.2, 0.25) is 5.02 Å². The topological polar surface area (TPSA) is 35.6 Å². The van der Waals surface area contributed by atoms with Crippen LogP contribution in [0.3, 0.4) is 0 Å². The summed E-state index contributed by atoms with van der Waals surface area (Å²) in [5.74, 6) is -0.659. The molecule has 1 aromatic rings. The van der Waals surface area contributed by atoms with Crippen LogP contribution in [0.25, 0.3) is 0 Å². The third kappa shape index (κ3) is 3.71. The number of carbonyl (C=O) groups is 1. The van der Waals surface area contributed by atoms with Gasteiger partial charge in [0.2, 0.25) is 0 Å². The lowest BCUT2D eigenvalue weighted by Gasteiger charge is -2.37. The quantitative estimate of drug-likeness (QED) is 0.888. The number of halogens is 3. The van der Waals surface area contributed by atoms with Gasteiger partial charge in [-0.1, -0.05) is 11.6 Å². The molecule has 2 aliphatic heterocycles. The van der Waals surface area contributed by atoms with E-state index in [2.05, 4.69) is 10.2 Å². The summed E-state index contributed by atoms with van der Waals surface area (Å²) in [5.41, 5.74) is 0.368. The Morgan fingerprint density at radius 3 is 2.59 bits per heavy atom. The molecule has 0 saturated carbocycles. The Labute approximate surface area is 141 Å². The number of rotatable bonds is 2. The predicted octanol–water partition coefficient (Wildman–Crippen LogP) is 2.02. The Bertz CT molecular complexity index is 530. The highest BCUT2D eigenvalue weighted by atomic mass is 35.5. The van der Waals surface area contributed by atoms with E-state index in [4.69, 9.17) is 11.6 Å². The van der Waals surface area contributed by atoms with Crippen molar-refractivity contribution in [2.75, 3.05) is 39.3 Å². The van der Waals surface area contributed by atoms with Gasteiger partial charge in [-0.05, 0) is 31.2 Å². The van der Waals surface area contributed by atoms with Crippen molar-refractivity contribution in [1.29, 1.82) is 0 Å². The van der Waals surface area contributed by atoms with Crippen molar-refractivity contribution in [3.8, 4) is 0 Å². The lowest BCUT2D eigenvalue weighted by atomic mass is 10.1. The second-order valence-electron chi connectivity index (χ2n) is 5.60. The second kappa shape index (κ2) is 7.59. The monoisotopic (exact) mass is 347 g/mol. The molecule has 4 nitrogen and oxygen atoms in total. The number of nitrogens with one attached hydrogen (secondary N) is 1. The van der Waals surface area contributed by atoms with Crippen LogP contribution < -0.4 is 5.32 Å². The maximum absolute atomic E-state index is 13.5. The maximum atomic E-state index is 13.5. The number of benzene rings is 1. The highest BCUT2D eigenvalue weighted by Crippen LogP contribution is 2.18. The number of hydrogen-bond acceptors (Lipinski definition) is 3. The van der Waals surface area contributed by atoms with Gasteiger partial charge in [-0.2, -0.15) is 0 Å². The highest BCUT2D eigenvalue weighted by Gasteiger charge is 2.28. The molecule has 0 bridgehead atoms. The molecule has 0 aromatic heterocycles. The summed E-state index contributed by atoms with van der Waals surface area (Å²) in [6, 6.07) is 4.83. The van der Waals surface area contributed by atoms with Crippen LogP contribution in [0.15, 0.2) is 18.2 Å². The van der Waals surface area contributed by atoms with E-state index in [1.807, 2.05) is 0 Å². The second-order valence-corrected chi connectivity index (χ2v) is 6.01. The zero-order valence-electron chi connectivity index (χ0n) is 12.2. The Morgan fingerprint density at radius 1 is 1.27 bits per heavy atom. The number of piperazine rings is 1. The Kier molecular flexibility index (Phi) is 6.03. The van der Waals surface area contributed by atoms with E-state index >= 15 is 0 Å². The number of nitrogens with zero attached hydrogens (tertiary/aromatic N) is 2. The standard InChI is InChI=1S/C15H19ClFN3O.ClH/c16-13-2-1-11(9-14(13)17)15(21)20-7-5-19(6-8-20)12-3-4-18-10-12;/h1-2,9,12,18H,3-8,10H2;1H. The third-order valence-corrected chi connectivity index (χ3v) is 4.63.